The lowest BCUT2D eigenvalue weighted by atomic mass is 10.0. The molecule has 1 aliphatic heterocycles. The Bertz CT molecular complexity index is 1090. The number of nitro groups is 1. The normalized spacial score (nSPS) is 19.2. The number of nitrogens with zero attached hydrogens (tertiary/aromatic N) is 2. The van der Waals surface area contributed by atoms with E-state index in [0.29, 0.717) is 24.7 Å². The Hall–Kier alpha value is -1.92. The van der Waals surface area contributed by atoms with Crippen molar-refractivity contribution in [2.24, 2.45) is 5.41 Å². The second-order valence-corrected chi connectivity index (χ2v) is 24.7. The molecule has 10 heteroatoms. The number of rotatable bonds is 11. The Morgan fingerprint density at radius 2 is 1.62 bits per heavy atom. The fraction of sp³-hybridized carbons (Fsp3) is 0.767. The number of ether oxygens (including phenoxy) is 1. The van der Waals surface area contributed by atoms with Crippen LogP contribution in [0.15, 0.2) is 12.1 Å². The first kappa shape index (κ1) is 32.6. The van der Waals surface area contributed by atoms with Gasteiger partial charge >= 0.3 is 0 Å². The van der Waals surface area contributed by atoms with E-state index < -0.39 is 21.6 Å². The second-order valence-electron chi connectivity index (χ2n) is 14.6. The summed E-state index contributed by atoms with van der Waals surface area (Å²) in [4.78, 5) is 27.8. The summed E-state index contributed by atoms with van der Waals surface area (Å²) in [5, 5.41) is 12.4. The van der Waals surface area contributed by atoms with Gasteiger partial charge < -0.3 is 18.5 Å². The predicted molar refractivity (Wildman–Crippen MR) is 166 cm³/mol. The van der Waals surface area contributed by atoms with Crippen LogP contribution in [0.1, 0.15) is 91.9 Å². The van der Waals surface area contributed by atoms with Crippen molar-refractivity contribution < 1.29 is 23.3 Å². The molecule has 1 amide bonds. The van der Waals surface area contributed by atoms with Crippen LogP contribution in [0, 0.1) is 15.5 Å². The summed E-state index contributed by atoms with van der Waals surface area (Å²) >= 11 is 0. The fourth-order valence-corrected chi connectivity index (χ4v) is 12.7. The lowest BCUT2D eigenvalue weighted by molar-refractivity contribution is -0.385. The van der Waals surface area contributed by atoms with E-state index in [1.165, 1.54) is 19.2 Å². The molecule has 3 rings (SSSR count). The van der Waals surface area contributed by atoms with Crippen LogP contribution in [0.3, 0.4) is 0 Å². The number of methoxy groups -OCH3 is 1. The van der Waals surface area contributed by atoms with Gasteiger partial charge in [-0.05, 0) is 59.4 Å². The Balaban J connectivity index is 2.01. The third-order valence-electron chi connectivity index (χ3n) is 9.98. The zero-order chi connectivity index (χ0) is 30.4. The Morgan fingerprint density at radius 1 is 1.07 bits per heavy atom. The van der Waals surface area contributed by atoms with Crippen LogP contribution in [-0.2, 0) is 4.43 Å². The number of hydrogen-bond acceptors (Lipinski definition) is 6. The smallest absolute Gasteiger partial charge is 0.286 e. The zero-order valence-electron chi connectivity index (χ0n) is 26.8. The molecule has 0 bridgehead atoms. The topological polar surface area (TPSA) is 91.1 Å². The second kappa shape index (κ2) is 11.4. The molecular formula is C30H52N2O6Si2. The fourth-order valence-electron chi connectivity index (χ4n) is 6.42. The van der Waals surface area contributed by atoms with E-state index in [1.54, 1.807) is 0 Å². The molecular weight excluding hydrogens is 541 g/mol. The molecule has 0 N–H and O–H groups in total. The number of carbonyl (C=O) groups is 1. The van der Waals surface area contributed by atoms with Gasteiger partial charge in [-0.2, -0.15) is 0 Å². The van der Waals surface area contributed by atoms with E-state index in [-0.39, 0.29) is 50.3 Å². The van der Waals surface area contributed by atoms with Gasteiger partial charge in [0.1, 0.15) is 5.56 Å². The van der Waals surface area contributed by atoms with Gasteiger partial charge in [0, 0.05) is 12.6 Å². The summed E-state index contributed by atoms with van der Waals surface area (Å²) in [6.45, 7) is 25.1. The summed E-state index contributed by atoms with van der Waals surface area (Å²) in [7, 11) is -2.92. The molecule has 1 saturated carbocycles. The molecule has 0 unspecified atom stereocenters. The van der Waals surface area contributed by atoms with Crippen LogP contribution < -0.4 is 9.16 Å². The van der Waals surface area contributed by atoms with Gasteiger partial charge in [0.15, 0.2) is 19.8 Å². The highest BCUT2D eigenvalue weighted by molar-refractivity contribution is 6.78. The Labute approximate surface area is 243 Å². The van der Waals surface area contributed by atoms with Crippen LogP contribution in [0.4, 0.5) is 5.69 Å². The van der Waals surface area contributed by atoms with Crippen molar-refractivity contribution in [3.05, 3.63) is 27.8 Å². The van der Waals surface area contributed by atoms with Crippen LogP contribution in [-0.4, -0.2) is 58.7 Å². The first-order valence-electron chi connectivity index (χ1n) is 14.8. The quantitative estimate of drug-likeness (QED) is 0.146. The maximum atomic E-state index is 14.1. The molecule has 1 heterocycles. The highest BCUT2D eigenvalue weighted by Crippen LogP contribution is 2.55. The van der Waals surface area contributed by atoms with E-state index in [9.17, 15) is 14.9 Å². The summed E-state index contributed by atoms with van der Waals surface area (Å²) in [6.07, 6.45) is 3.04. The van der Waals surface area contributed by atoms with Crippen molar-refractivity contribution in [2.75, 3.05) is 20.3 Å². The lowest BCUT2D eigenvalue weighted by Gasteiger charge is -2.42. The Kier molecular flexibility index (Phi) is 9.29. The van der Waals surface area contributed by atoms with Crippen molar-refractivity contribution in [1.29, 1.82) is 0 Å². The molecule has 2 aliphatic rings. The standard InChI is InChI=1S/C30H52N2O6Si2/c1-20(2)40(21(3)4,22(5)6)38-27-16-25(32(34)35)24(15-26(27)36-10)28(33)31-19-30(13-14-30)17-23(31)18-37-39(11,12)29(7,8)9/h15-16,20-23H,13-14,17-19H2,1-12H3/t23-/m1/s1. The van der Waals surface area contributed by atoms with Crippen molar-refractivity contribution in [2.45, 2.75) is 122 Å². The van der Waals surface area contributed by atoms with Gasteiger partial charge in [-0.3, -0.25) is 14.9 Å². The molecule has 8 nitrogen and oxygen atoms in total. The maximum Gasteiger partial charge on any atom is 0.286 e. The molecule has 1 saturated heterocycles. The van der Waals surface area contributed by atoms with Gasteiger partial charge in [0.25, 0.3) is 19.9 Å². The molecule has 2 fully saturated rings. The number of carbonyl (C=O) groups excluding carboxylic acids is 1. The monoisotopic (exact) mass is 592 g/mol. The molecule has 226 valence electrons. The van der Waals surface area contributed by atoms with Crippen molar-refractivity contribution in [1.82, 2.24) is 4.90 Å². The van der Waals surface area contributed by atoms with Crippen LogP contribution in [0.5, 0.6) is 11.5 Å². The van der Waals surface area contributed by atoms with Crippen LogP contribution in [0.25, 0.3) is 0 Å². The molecule has 40 heavy (non-hydrogen) atoms. The number of hydrogen-bond donors (Lipinski definition) is 0. The number of likely N-dealkylation sites (tertiary alicyclic amines) is 1. The van der Waals surface area contributed by atoms with E-state index >= 15 is 0 Å². The van der Waals surface area contributed by atoms with Crippen molar-refractivity contribution in [3.8, 4) is 11.5 Å². The summed E-state index contributed by atoms with van der Waals surface area (Å²) in [5.74, 6) is 0.387. The van der Waals surface area contributed by atoms with E-state index in [2.05, 4.69) is 75.4 Å². The minimum absolute atomic E-state index is 0.0510. The molecule has 1 atom stereocenters. The average molecular weight is 593 g/mol. The Morgan fingerprint density at radius 3 is 2.05 bits per heavy atom. The molecule has 0 radical (unpaired) electrons. The zero-order valence-corrected chi connectivity index (χ0v) is 28.8. The van der Waals surface area contributed by atoms with Crippen molar-refractivity contribution in [3.63, 3.8) is 0 Å². The van der Waals surface area contributed by atoms with E-state index in [1.807, 2.05) is 4.90 Å². The largest absolute Gasteiger partial charge is 0.540 e. The number of nitro benzene ring substituents is 1. The lowest BCUT2D eigenvalue weighted by Crippen LogP contribution is -2.50. The van der Waals surface area contributed by atoms with Crippen LogP contribution in [0.2, 0.25) is 34.8 Å². The first-order chi connectivity index (χ1) is 18.3. The van der Waals surface area contributed by atoms with Gasteiger partial charge in [0.2, 0.25) is 0 Å². The third-order valence-corrected chi connectivity index (χ3v) is 20.5. The summed E-state index contributed by atoms with van der Waals surface area (Å²) in [5.41, 5.74) is 0.766. The SMILES string of the molecule is COc1cc(C(=O)N2CC3(CC3)C[C@@H]2CO[Si](C)(C)C(C)(C)C)c([N+](=O)[O-])cc1O[Si](C(C)C)(C(C)C)C(C)C. The van der Waals surface area contributed by atoms with Gasteiger partial charge in [0.05, 0.1) is 30.7 Å². The molecule has 1 spiro atoms. The number of benzene rings is 1. The van der Waals surface area contributed by atoms with Crippen LogP contribution >= 0.6 is 0 Å². The summed E-state index contributed by atoms with van der Waals surface area (Å²) < 4.78 is 19.1. The van der Waals surface area contributed by atoms with Crippen molar-refractivity contribution >= 4 is 28.2 Å². The minimum atomic E-state index is -2.42. The highest BCUT2D eigenvalue weighted by Gasteiger charge is 2.54. The number of amides is 1. The predicted octanol–water partition coefficient (Wildman–Crippen LogP) is 8.17. The highest BCUT2D eigenvalue weighted by atomic mass is 28.4. The average Bonchev–Trinajstić information content (AvgIpc) is 3.49. The van der Waals surface area contributed by atoms with E-state index in [4.69, 9.17) is 13.6 Å². The van der Waals surface area contributed by atoms with Gasteiger partial charge in [-0.15, -0.1) is 0 Å². The van der Waals surface area contributed by atoms with Gasteiger partial charge in [-0.1, -0.05) is 62.3 Å². The molecule has 1 aromatic carbocycles. The molecule has 1 aliphatic carbocycles. The van der Waals surface area contributed by atoms with Gasteiger partial charge in [-0.25, -0.2) is 0 Å². The minimum Gasteiger partial charge on any atom is -0.540 e. The molecule has 0 aromatic heterocycles. The third kappa shape index (κ3) is 6.14. The van der Waals surface area contributed by atoms with E-state index in [0.717, 1.165) is 19.3 Å². The summed E-state index contributed by atoms with van der Waals surface area (Å²) in [6, 6.07) is 2.85. The maximum absolute atomic E-state index is 14.1. The first-order valence-corrected chi connectivity index (χ1v) is 19.9. The molecule has 1 aromatic rings.